The van der Waals surface area contributed by atoms with Gasteiger partial charge in [0.2, 0.25) is 10.0 Å². The van der Waals surface area contributed by atoms with Crippen molar-refractivity contribution in [3.63, 3.8) is 0 Å². The highest BCUT2D eigenvalue weighted by Crippen LogP contribution is 2.35. The van der Waals surface area contributed by atoms with Gasteiger partial charge >= 0.3 is 0 Å². The lowest BCUT2D eigenvalue weighted by Crippen LogP contribution is -2.50. The monoisotopic (exact) mass is 378 g/mol. The minimum atomic E-state index is -3.56. The van der Waals surface area contributed by atoms with Gasteiger partial charge in [0.25, 0.3) is 5.91 Å². The van der Waals surface area contributed by atoms with Crippen molar-refractivity contribution in [3.05, 3.63) is 59.9 Å². The molecule has 1 aliphatic heterocycles. The molecule has 0 spiro atoms. The summed E-state index contributed by atoms with van der Waals surface area (Å²) in [5, 5.41) is 2.60. The highest BCUT2D eigenvalue weighted by molar-refractivity contribution is 7.92. The van der Waals surface area contributed by atoms with E-state index in [1.807, 2.05) is 0 Å². The molecule has 2 aromatic carbocycles. The van der Waals surface area contributed by atoms with E-state index >= 15 is 0 Å². The summed E-state index contributed by atoms with van der Waals surface area (Å²) in [4.78, 5) is 12.5. The van der Waals surface area contributed by atoms with Crippen LogP contribution in [0.1, 0.15) is 12.5 Å². The Morgan fingerprint density at radius 1 is 1.23 bits per heavy atom. The number of ether oxygens (including phenoxy) is 1. The number of benzene rings is 2. The van der Waals surface area contributed by atoms with Gasteiger partial charge < -0.3 is 10.1 Å². The maximum Gasteiger partial charge on any atom is 0.263 e. The van der Waals surface area contributed by atoms with Crippen LogP contribution in [0, 0.1) is 5.82 Å². The summed E-state index contributed by atoms with van der Waals surface area (Å²) in [7, 11) is -3.56. The zero-order valence-electron chi connectivity index (χ0n) is 14.2. The second-order valence-electron chi connectivity index (χ2n) is 5.82. The van der Waals surface area contributed by atoms with Gasteiger partial charge in [0.1, 0.15) is 11.6 Å². The van der Waals surface area contributed by atoms with E-state index in [9.17, 15) is 17.6 Å². The third-order valence-corrected chi connectivity index (χ3v) is 5.89. The van der Waals surface area contributed by atoms with E-state index in [2.05, 4.69) is 5.32 Å². The van der Waals surface area contributed by atoms with Crippen LogP contribution in [-0.4, -0.2) is 32.7 Å². The first kappa shape index (κ1) is 18.2. The number of para-hydroxylation sites is 2. The zero-order valence-corrected chi connectivity index (χ0v) is 15.0. The Morgan fingerprint density at radius 3 is 2.65 bits per heavy atom. The molecular weight excluding hydrogens is 359 g/mol. The number of hydrogen-bond donors (Lipinski definition) is 1. The summed E-state index contributed by atoms with van der Waals surface area (Å²) in [6.45, 7) is 1.41. The van der Waals surface area contributed by atoms with Crippen LogP contribution in [0.4, 0.5) is 10.1 Å². The molecule has 26 heavy (non-hydrogen) atoms. The molecule has 1 aliphatic rings. The topological polar surface area (TPSA) is 75.7 Å². The molecule has 1 heterocycles. The maximum atomic E-state index is 13.7. The first-order valence-electron chi connectivity index (χ1n) is 8.19. The van der Waals surface area contributed by atoms with E-state index in [1.165, 1.54) is 10.4 Å². The van der Waals surface area contributed by atoms with Gasteiger partial charge in [0.15, 0.2) is 6.10 Å². The third kappa shape index (κ3) is 3.65. The minimum Gasteiger partial charge on any atom is -0.476 e. The van der Waals surface area contributed by atoms with Gasteiger partial charge in [0.05, 0.1) is 18.0 Å². The number of carbonyl (C=O) groups excluding carboxylic acids is 1. The quantitative estimate of drug-likeness (QED) is 0.864. The molecule has 1 unspecified atom stereocenters. The van der Waals surface area contributed by atoms with Crippen molar-refractivity contribution in [1.29, 1.82) is 0 Å². The molecule has 0 saturated carbocycles. The Hall–Kier alpha value is -2.61. The number of sulfonamides is 1. The number of nitrogens with zero attached hydrogens (tertiary/aromatic N) is 1. The number of fused-ring (bicyclic) bond motifs is 1. The summed E-state index contributed by atoms with van der Waals surface area (Å²) in [6.07, 6.45) is -1.02. The molecule has 2 aromatic rings. The number of nitrogens with one attached hydrogen (secondary N) is 1. The summed E-state index contributed by atoms with van der Waals surface area (Å²) < 4.78 is 45.3. The van der Waals surface area contributed by atoms with E-state index in [-0.39, 0.29) is 18.8 Å². The van der Waals surface area contributed by atoms with E-state index in [1.54, 1.807) is 49.4 Å². The van der Waals surface area contributed by atoms with Crippen LogP contribution < -0.4 is 14.4 Å². The summed E-state index contributed by atoms with van der Waals surface area (Å²) >= 11 is 0. The maximum absolute atomic E-state index is 13.7. The van der Waals surface area contributed by atoms with E-state index in [0.717, 1.165) is 0 Å². The number of rotatable bonds is 5. The zero-order chi connectivity index (χ0) is 18.7. The molecule has 0 saturated heterocycles. The number of anilines is 1. The van der Waals surface area contributed by atoms with Gasteiger partial charge in [-0.25, -0.2) is 12.8 Å². The SMILES string of the molecule is CCS(=O)(=O)N1CC(C(=O)NCc2ccccc2F)Oc2ccccc21. The molecule has 138 valence electrons. The fraction of sp³-hybridized carbons (Fsp3) is 0.278. The molecule has 1 atom stereocenters. The minimum absolute atomic E-state index is 0.00641. The lowest BCUT2D eigenvalue weighted by atomic mass is 10.2. The predicted octanol–water partition coefficient (Wildman–Crippen LogP) is 2.06. The van der Waals surface area contributed by atoms with Crippen molar-refractivity contribution in [3.8, 4) is 5.75 Å². The van der Waals surface area contributed by atoms with Crippen LogP contribution in [0.25, 0.3) is 0 Å². The summed E-state index contributed by atoms with van der Waals surface area (Å²) in [6, 6.07) is 12.8. The van der Waals surface area contributed by atoms with Crippen molar-refractivity contribution < 1.29 is 22.3 Å². The molecule has 6 nitrogen and oxygen atoms in total. The van der Waals surface area contributed by atoms with Gasteiger partial charge in [-0.2, -0.15) is 0 Å². The number of halogens is 1. The van der Waals surface area contributed by atoms with E-state index in [4.69, 9.17) is 4.74 Å². The fourth-order valence-electron chi connectivity index (χ4n) is 2.70. The molecule has 0 aliphatic carbocycles. The third-order valence-electron chi connectivity index (χ3n) is 4.14. The Kier molecular flexibility index (Phi) is 5.13. The normalized spacial score (nSPS) is 16.5. The highest BCUT2D eigenvalue weighted by atomic mass is 32.2. The Balaban J connectivity index is 1.79. The predicted molar refractivity (Wildman–Crippen MR) is 95.9 cm³/mol. The second kappa shape index (κ2) is 7.33. The van der Waals surface area contributed by atoms with Gasteiger partial charge in [0, 0.05) is 12.1 Å². The van der Waals surface area contributed by atoms with Crippen molar-refractivity contribution in [2.75, 3.05) is 16.6 Å². The second-order valence-corrected chi connectivity index (χ2v) is 8.00. The van der Waals surface area contributed by atoms with Crippen LogP contribution in [-0.2, 0) is 21.4 Å². The Labute approximate surface area is 151 Å². The van der Waals surface area contributed by atoms with Crippen LogP contribution in [0.5, 0.6) is 5.75 Å². The van der Waals surface area contributed by atoms with Gasteiger partial charge in [-0.15, -0.1) is 0 Å². The van der Waals surface area contributed by atoms with Crippen molar-refractivity contribution in [2.24, 2.45) is 0 Å². The van der Waals surface area contributed by atoms with Gasteiger partial charge in [-0.3, -0.25) is 9.10 Å². The van der Waals surface area contributed by atoms with Crippen LogP contribution >= 0.6 is 0 Å². The van der Waals surface area contributed by atoms with E-state index < -0.39 is 27.9 Å². The van der Waals surface area contributed by atoms with Gasteiger partial charge in [-0.1, -0.05) is 30.3 Å². The van der Waals surface area contributed by atoms with Crippen molar-refractivity contribution >= 4 is 21.6 Å². The molecule has 8 heteroatoms. The van der Waals surface area contributed by atoms with Crippen LogP contribution in [0.15, 0.2) is 48.5 Å². The molecule has 0 bridgehead atoms. The molecule has 0 radical (unpaired) electrons. The number of carbonyl (C=O) groups is 1. The number of amides is 1. The van der Waals surface area contributed by atoms with Crippen molar-refractivity contribution in [1.82, 2.24) is 5.32 Å². The largest absolute Gasteiger partial charge is 0.476 e. The molecule has 1 N–H and O–H groups in total. The number of hydrogen-bond acceptors (Lipinski definition) is 4. The first-order chi connectivity index (χ1) is 12.4. The van der Waals surface area contributed by atoms with Crippen molar-refractivity contribution in [2.45, 2.75) is 19.6 Å². The average molecular weight is 378 g/mol. The molecule has 0 fully saturated rings. The Bertz CT molecular complexity index is 917. The lowest BCUT2D eigenvalue weighted by molar-refractivity contribution is -0.127. The Morgan fingerprint density at radius 2 is 1.92 bits per heavy atom. The summed E-state index contributed by atoms with van der Waals surface area (Å²) in [5.41, 5.74) is 0.752. The first-order valence-corrected chi connectivity index (χ1v) is 9.80. The standard InChI is InChI=1S/C18H19FN2O4S/c1-2-26(23,24)21-12-17(25-16-10-6-5-9-15(16)21)18(22)20-11-13-7-3-4-8-14(13)19/h3-10,17H,2,11-12H2,1H3,(H,20,22). The molecule has 3 rings (SSSR count). The lowest BCUT2D eigenvalue weighted by Gasteiger charge is -2.34. The van der Waals surface area contributed by atoms with E-state index in [0.29, 0.717) is 17.0 Å². The van der Waals surface area contributed by atoms with Gasteiger partial charge in [-0.05, 0) is 25.1 Å². The molecule has 0 aromatic heterocycles. The average Bonchev–Trinajstić information content (AvgIpc) is 2.66. The van der Waals surface area contributed by atoms with Crippen LogP contribution in [0.2, 0.25) is 0 Å². The molecule has 1 amide bonds. The van der Waals surface area contributed by atoms with Crippen LogP contribution in [0.3, 0.4) is 0 Å². The molecular formula is C18H19FN2O4S. The highest BCUT2D eigenvalue weighted by Gasteiger charge is 2.35. The smallest absolute Gasteiger partial charge is 0.263 e. The fourth-order valence-corrected chi connectivity index (χ4v) is 3.82. The summed E-state index contributed by atoms with van der Waals surface area (Å²) in [5.74, 6) is -0.691.